The van der Waals surface area contributed by atoms with Gasteiger partial charge < -0.3 is 14.2 Å². The monoisotopic (exact) mass is 427 g/mol. The van der Waals surface area contributed by atoms with Gasteiger partial charge in [0.1, 0.15) is 11.8 Å². The Hall–Kier alpha value is -2.67. The minimum Gasteiger partial charge on any atom is -0.497 e. The van der Waals surface area contributed by atoms with E-state index in [9.17, 15) is 4.79 Å². The highest BCUT2D eigenvalue weighted by Gasteiger charge is 2.34. The molecule has 1 aliphatic rings. The number of ether oxygens (including phenoxy) is 1. The third-order valence-electron chi connectivity index (χ3n) is 4.66. The first-order valence-corrected chi connectivity index (χ1v) is 9.49. The number of carbonyl (C=O) groups excluding carboxylic acids is 1. The highest BCUT2D eigenvalue weighted by atomic mass is 79.9. The first-order chi connectivity index (χ1) is 13.2. The molecule has 138 valence electrons. The van der Waals surface area contributed by atoms with E-state index in [-0.39, 0.29) is 11.9 Å². The van der Waals surface area contributed by atoms with Gasteiger partial charge in [-0.1, -0.05) is 27.2 Å². The predicted octanol–water partition coefficient (Wildman–Crippen LogP) is 4.49. The molecule has 0 bridgehead atoms. The standard InChI is InChI=1S/C20H18BrN3O3/c1-26-16-9-7-13(8-10-16)18-22-19(27-23-18)17-6-3-11-24(17)20(25)14-4-2-5-15(21)12-14/h2,4-5,7-10,12,17H,3,6,11H2,1H3. The summed E-state index contributed by atoms with van der Waals surface area (Å²) in [5.74, 6) is 1.73. The topological polar surface area (TPSA) is 68.5 Å². The number of likely N-dealkylation sites (tertiary alicyclic amines) is 1. The summed E-state index contributed by atoms with van der Waals surface area (Å²) in [4.78, 5) is 19.3. The van der Waals surface area contributed by atoms with E-state index >= 15 is 0 Å². The van der Waals surface area contributed by atoms with E-state index < -0.39 is 0 Å². The number of rotatable bonds is 4. The maximum atomic E-state index is 12.9. The second-order valence-corrected chi connectivity index (χ2v) is 7.27. The summed E-state index contributed by atoms with van der Waals surface area (Å²) in [6.07, 6.45) is 1.72. The van der Waals surface area contributed by atoms with Crippen LogP contribution in [0.5, 0.6) is 5.75 Å². The molecular formula is C20H18BrN3O3. The summed E-state index contributed by atoms with van der Waals surface area (Å²) < 4.78 is 11.6. The Morgan fingerprint density at radius 2 is 2.07 bits per heavy atom. The van der Waals surface area contributed by atoms with Crippen molar-refractivity contribution < 1.29 is 14.1 Å². The molecule has 0 saturated carbocycles. The average molecular weight is 428 g/mol. The number of aromatic nitrogens is 2. The third kappa shape index (κ3) is 3.60. The van der Waals surface area contributed by atoms with Gasteiger partial charge in [0.05, 0.1) is 7.11 Å². The van der Waals surface area contributed by atoms with Gasteiger partial charge in [0.2, 0.25) is 11.7 Å². The van der Waals surface area contributed by atoms with E-state index in [4.69, 9.17) is 9.26 Å². The molecule has 0 aliphatic carbocycles. The largest absolute Gasteiger partial charge is 0.497 e. The molecule has 7 heteroatoms. The lowest BCUT2D eigenvalue weighted by Gasteiger charge is -2.22. The normalized spacial score (nSPS) is 16.5. The Kier molecular flexibility index (Phi) is 4.94. The van der Waals surface area contributed by atoms with Gasteiger partial charge in [-0.05, 0) is 55.3 Å². The van der Waals surface area contributed by atoms with Crippen molar-refractivity contribution in [3.63, 3.8) is 0 Å². The van der Waals surface area contributed by atoms with Crippen LogP contribution in [0, 0.1) is 0 Å². The summed E-state index contributed by atoms with van der Waals surface area (Å²) in [6.45, 7) is 0.677. The van der Waals surface area contributed by atoms with Crippen LogP contribution in [0.1, 0.15) is 35.1 Å². The maximum absolute atomic E-state index is 12.9. The summed E-state index contributed by atoms with van der Waals surface area (Å²) in [5.41, 5.74) is 1.49. The molecule has 3 aromatic rings. The lowest BCUT2D eigenvalue weighted by Crippen LogP contribution is -2.30. The molecule has 1 fully saturated rings. The van der Waals surface area contributed by atoms with Crippen LogP contribution >= 0.6 is 15.9 Å². The Morgan fingerprint density at radius 3 is 2.81 bits per heavy atom. The molecule has 27 heavy (non-hydrogen) atoms. The number of halogens is 1. The minimum absolute atomic E-state index is 0.0250. The molecule has 2 heterocycles. The molecule has 0 radical (unpaired) electrons. The van der Waals surface area contributed by atoms with Crippen LogP contribution in [-0.4, -0.2) is 34.6 Å². The molecule has 2 aromatic carbocycles. The minimum atomic E-state index is -0.198. The smallest absolute Gasteiger partial charge is 0.254 e. The lowest BCUT2D eigenvalue weighted by atomic mass is 10.1. The second kappa shape index (κ2) is 7.52. The van der Waals surface area contributed by atoms with Crippen LogP contribution in [0.2, 0.25) is 0 Å². The fourth-order valence-electron chi connectivity index (χ4n) is 3.28. The lowest BCUT2D eigenvalue weighted by molar-refractivity contribution is 0.0710. The first-order valence-electron chi connectivity index (χ1n) is 8.70. The van der Waals surface area contributed by atoms with Gasteiger partial charge in [0.25, 0.3) is 5.91 Å². The Balaban J connectivity index is 1.57. The highest BCUT2D eigenvalue weighted by molar-refractivity contribution is 9.10. The summed E-state index contributed by atoms with van der Waals surface area (Å²) in [7, 11) is 1.62. The summed E-state index contributed by atoms with van der Waals surface area (Å²) in [6, 6.07) is 14.7. The third-order valence-corrected chi connectivity index (χ3v) is 5.15. The molecule has 1 atom stereocenters. The van der Waals surface area contributed by atoms with Crippen LogP contribution in [-0.2, 0) is 0 Å². The average Bonchev–Trinajstić information content (AvgIpc) is 3.37. The summed E-state index contributed by atoms with van der Waals surface area (Å²) in [5, 5.41) is 4.09. The second-order valence-electron chi connectivity index (χ2n) is 6.35. The molecule has 1 amide bonds. The van der Waals surface area contributed by atoms with Crippen molar-refractivity contribution in [3.8, 4) is 17.1 Å². The first kappa shape index (κ1) is 17.7. The van der Waals surface area contributed by atoms with E-state index in [2.05, 4.69) is 26.1 Å². The van der Waals surface area contributed by atoms with Gasteiger partial charge in [0, 0.05) is 22.1 Å². The molecular weight excluding hydrogens is 410 g/mol. The Bertz CT molecular complexity index is 955. The van der Waals surface area contributed by atoms with Crippen molar-refractivity contribution in [2.75, 3.05) is 13.7 Å². The van der Waals surface area contributed by atoms with E-state index in [1.165, 1.54) is 0 Å². The molecule has 6 nitrogen and oxygen atoms in total. The fraction of sp³-hybridized carbons (Fsp3) is 0.250. The van der Waals surface area contributed by atoms with Crippen LogP contribution in [0.4, 0.5) is 0 Å². The predicted molar refractivity (Wildman–Crippen MR) is 103 cm³/mol. The fourth-order valence-corrected chi connectivity index (χ4v) is 3.68. The number of nitrogens with zero attached hydrogens (tertiary/aromatic N) is 3. The molecule has 1 aliphatic heterocycles. The van der Waals surface area contributed by atoms with Gasteiger partial charge >= 0.3 is 0 Å². The van der Waals surface area contributed by atoms with Crippen LogP contribution in [0.25, 0.3) is 11.4 Å². The number of benzene rings is 2. The van der Waals surface area contributed by atoms with Crippen LogP contribution in [0.15, 0.2) is 57.5 Å². The maximum Gasteiger partial charge on any atom is 0.254 e. The molecule has 4 rings (SSSR count). The zero-order valence-electron chi connectivity index (χ0n) is 14.8. The highest BCUT2D eigenvalue weighted by Crippen LogP contribution is 2.33. The molecule has 1 aromatic heterocycles. The number of hydrogen-bond donors (Lipinski definition) is 0. The van der Waals surface area contributed by atoms with E-state index in [1.807, 2.05) is 53.4 Å². The number of methoxy groups -OCH3 is 1. The Labute approximate surface area is 165 Å². The van der Waals surface area contributed by atoms with Gasteiger partial charge in [0.15, 0.2) is 0 Å². The van der Waals surface area contributed by atoms with Crippen molar-refractivity contribution >= 4 is 21.8 Å². The molecule has 1 saturated heterocycles. The molecule has 1 unspecified atom stereocenters. The van der Waals surface area contributed by atoms with Crippen molar-refractivity contribution in [1.82, 2.24) is 15.0 Å². The molecule has 0 N–H and O–H groups in total. The van der Waals surface area contributed by atoms with Crippen molar-refractivity contribution in [2.45, 2.75) is 18.9 Å². The van der Waals surface area contributed by atoms with Gasteiger partial charge in [-0.2, -0.15) is 4.98 Å². The van der Waals surface area contributed by atoms with Crippen molar-refractivity contribution in [1.29, 1.82) is 0 Å². The van der Waals surface area contributed by atoms with Gasteiger partial charge in [-0.3, -0.25) is 4.79 Å². The van der Waals surface area contributed by atoms with Crippen LogP contribution < -0.4 is 4.74 Å². The quantitative estimate of drug-likeness (QED) is 0.613. The Morgan fingerprint density at radius 1 is 1.26 bits per heavy atom. The zero-order chi connectivity index (χ0) is 18.8. The van der Waals surface area contributed by atoms with Gasteiger partial charge in [-0.25, -0.2) is 0 Å². The zero-order valence-corrected chi connectivity index (χ0v) is 16.3. The van der Waals surface area contributed by atoms with E-state index in [1.54, 1.807) is 7.11 Å². The van der Waals surface area contributed by atoms with Gasteiger partial charge in [-0.15, -0.1) is 0 Å². The van der Waals surface area contributed by atoms with Crippen molar-refractivity contribution in [2.24, 2.45) is 0 Å². The summed E-state index contributed by atoms with van der Waals surface area (Å²) >= 11 is 3.42. The van der Waals surface area contributed by atoms with E-state index in [0.717, 1.165) is 28.6 Å². The number of hydrogen-bond acceptors (Lipinski definition) is 5. The van der Waals surface area contributed by atoms with E-state index in [0.29, 0.717) is 23.8 Å². The van der Waals surface area contributed by atoms with Crippen LogP contribution in [0.3, 0.4) is 0 Å². The number of amides is 1. The SMILES string of the molecule is COc1ccc(-c2noc(C3CCCN3C(=O)c3cccc(Br)c3)n2)cc1. The van der Waals surface area contributed by atoms with Crippen molar-refractivity contribution in [3.05, 3.63) is 64.5 Å². The number of carbonyl (C=O) groups is 1. The molecule has 0 spiro atoms.